The zero-order valence-corrected chi connectivity index (χ0v) is 18.3. The number of carbonyl (C=O) groups is 1. The Kier molecular flexibility index (Phi) is 7.33. The molecule has 0 spiro atoms. The van der Waals surface area contributed by atoms with Gasteiger partial charge in [0.05, 0.1) is 24.4 Å². The van der Waals surface area contributed by atoms with Gasteiger partial charge in [-0.3, -0.25) is 4.79 Å². The molecular formula is C19H22Cl2N2O4S. The number of methoxy groups -OCH3 is 1. The van der Waals surface area contributed by atoms with E-state index in [0.29, 0.717) is 10.7 Å². The van der Waals surface area contributed by atoms with Gasteiger partial charge in [-0.15, -0.1) is 0 Å². The van der Waals surface area contributed by atoms with Crippen LogP contribution >= 0.6 is 23.2 Å². The highest BCUT2D eigenvalue weighted by atomic mass is 35.5. The summed E-state index contributed by atoms with van der Waals surface area (Å²) in [5, 5.41) is 3.28. The van der Waals surface area contributed by atoms with Crippen molar-refractivity contribution in [2.45, 2.75) is 24.7 Å². The minimum atomic E-state index is -3.95. The normalized spacial score (nSPS) is 11.7. The molecule has 0 fully saturated rings. The summed E-state index contributed by atoms with van der Waals surface area (Å²) < 4.78 is 32.2. The molecule has 9 heteroatoms. The third kappa shape index (κ3) is 5.17. The number of ether oxygens (including phenoxy) is 1. The van der Waals surface area contributed by atoms with Crippen molar-refractivity contribution in [1.82, 2.24) is 4.31 Å². The molecular weight excluding hydrogens is 423 g/mol. The van der Waals surface area contributed by atoms with E-state index in [1.807, 2.05) is 19.9 Å². The fourth-order valence-corrected chi connectivity index (χ4v) is 4.26. The molecule has 2 aromatic rings. The Bertz CT molecular complexity index is 978. The topological polar surface area (TPSA) is 75.7 Å². The number of nitrogens with one attached hydrogen (secondary N) is 1. The van der Waals surface area contributed by atoms with Crippen LogP contribution < -0.4 is 10.1 Å². The van der Waals surface area contributed by atoms with Crippen molar-refractivity contribution < 1.29 is 17.9 Å². The first-order valence-corrected chi connectivity index (χ1v) is 10.6. The minimum absolute atomic E-state index is 0.0148. The standard InChI is InChI=1S/C19H22Cl2N2O4S/c1-12(2)13-5-8-17(27-4)18(9-13)28(25,26)23(3)11-19(24)22-16-7-6-14(20)10-15(16)21/h5-10,12H,11H2,1-4H3,(H,22,24). The van der Waals surface area contributed by atoms with Crippen LogP contribution in [0, 0.1) is 0 Å². The molecule has 1 amide bonds. The second kappa shape index (κ2) is 9.13. The van der Waals surface area contributed by atoms with Crippen LogP contribution in [0.5, 0.6) is 5.75 Å². The van der Waals surface area contributed by atoms with Gasteiger partial charge < -0.3 is 10.1 Å². The summed E-state index contributed by atoms with van der Waals surface area (Å²) in [4.78, 5) is 12.3. The van der Waals surface area contributed by atoms with Gasteiger partial charge in [-0.25, -0.2) is 8.42 Å². The molecule has 0 aliphatic carbocycles. The second-order valence-corrected chi connectivity index (χ2v) is 9.36. The van der Waals surface area contributed by atoms with Gasteiger partial charge in [0, 0.05) is 12.1 Å². The van der Waals surface area contributed by atoms with E-state index in [2.05, 4.69) is 5.32 Å². The lowest BCUT2D eigenvalue weighted by Crippen LogP contribution is -2.35. The van der Waals surface area contributed by atoms with E-state index >= 15 is 0 Å². The average molecular weight is 445 g/mol. The molecule has 2 aromatic carbocycles. The van der Waals surface area contributed by atoms with Gasteiger partial charge in [-0.1, -0.05) is 43.1 Å². The minimum Gasteiger partial charge on any atom is -0.495 e. The van der Waals surface area contributed by atoms with E-state index < -0.39 is 22.5 Å². The number of nitrogens with zero attached hydrogens (tertiary/aromatic N) is 1. The van der Waals surface area contributed by atoms with Crippen LogP contribution in [0.25, 0.3) is 0 Å². The lowest BCUT2D eigenvalue weighted by Gasteiger charge is -2.20. The molecule has 0 unspecified atom stereocenters. The van der Waals surface area contributed by atoms with Gasteiger partial charge in [0.1, 0.15) is 10.6 Å². The molecule has 0 radical (unpaired) electrons. The third-order valence-corrected chi connectivity index (χ3v) is 6.49. The fourth-order valence-electron chi connectivity index (χ4n) is 2.49. The Morgan fingerprint density at radius 1 is 1.18 bits per heavy atom. The molecule has 0 atom stereocenters. The fraction of sp³-hybridized carbons (Fsp3) is 0.316. The molecule has 0 aliphatic heterocycles. The maximum absolute atomic E-state index is 13.0. The van der Waals surface area contributed by atoms with E-state index in [9.17, 15) is 13.2 Å². The van der Waals surface area contributed by atoms with Crippen molar-refractivity contribution in [2.75, 3.05) is 26.0 Å². The van der Waals surface area contributed by atoms with Crippen LogP contribution in [0.2, 0.25) is 10.0 Å². The summed E-state index contributed by atoms with van der Waals surface area (Å²) in [5.41, 5.74) is 1.20. The average Bonchev–Trinajstić information content (AvgIpc) is 2.63. The van der Waals surface area contributed by atoms with Gasteiger partial charge in [0.25, 0.3) is 0 Å². The Hall–Kier alpha value is -1.80. The Labute approximate surface area is 175 Å². The van der Waals surface area contributed by atoms with Crippen molar-refractivity contribution in [3.05, 3.63) is 52.0 Å². The highest BCUT2D eigenvalue weighted by Gasteiger charge is 2.27. The first-order chi connectivity index (χ1) is 13.1. The maximum atomic E-state index is 13.0. The largest absolute Gasteiger partial charge is 0.495 e. The van der Waals surface area contributed by atoms with Crippen LogP contribution in [0.15, 0.2) is 41.3 Å². The van der Waals surface area contributed by atoms with Crippen LogP contribution in [0.1, 0.15) is 25.3 Å². The zero-order chi connectivity index (χ0) is 21.1. The highest BCUT2D eigenvalue weighted by molar-refractivity contribution is 7.89. The lowest BCUT2D eigenvalue weighted by molar-refractivity contribution is -0.116. The van der Waals surface area contributed by atoms with Crippen molar-refractivity contribution in [3.63, 3.8) is 0 Å². The van der Waals surface area contributed by atoms with Crippen molar-refractivity contribution in [2.24, 2.45) is 0 Å². The van der Waals surface area contributed by atoms with Gasteiger partial charge in [-0.2, -0.15) is 4.31 Å². The van der Waals surface area contributed by atoms with Gasteiger partial charge in [-0.05, 0) is 41.8 Å². The van der Waals surface area contributed by atoms with E-state index in [-0.39, 0.29) is 21.6 Å². The summed E-state index contributed by atoms with van der Waals surface area (Å²) in [6, 6.07) is 9.62. The van der Waals surface area contributed by atoms with E-state index in [1.165, 1.54) is 20.2 Å². The number of benzene rings is 2. The van der Waals surface area contributed by atoms with Crippen molar-refractivity contribution in [3.8, 4) is 5.75 Å². The quantitative estimate of drug-likeness (QED) is 0.686. The Morgan fingerprint density at radius 2 is 1.86 bits per heavy atom. The molecule has 2 rings (SSSR count). The second-order valence-electron chi connectivity index (χ2n) is 6.50. The molecule has 28 heavy (non-hydrogen) atoms. The number of halogens is 2. The van der Waals surface area contributed by atoms with Crippen molar-refractivity contribution >= 4 is 44.8 Å². The summed E-state index contributed by atoms with van der Waals surface area (Å²) in [7, 11) is -1.21. The number of likely N-dealkylation sites (N-methyl/N-ethyl adjacent to an activating group) is 1. The molecule has 1 N–H and O–H groups in total. The number of hydrogen-bond donors (Lipinski definition) is 1. The molecule has 6 nitrogen and oxygen atoms in total. The van der Waals surface area contributed by atoms with Gasteiger partial charge in [0.15, 0.2) is 0 Å². The summed E-state index contributed by atoms with van der Waals surface area (Å²) >= 11 is 11.9. The maximum Gasteiger partial charge on any atom is 0.246 e. The van der Waals surface area contributed by atoms with E-state index in [1.54, 1.807) is 24.3 Å². The van der Waals surface area contributed by atoms with Crippen LogP contribution in [-0.4, -0.2) is 39.3 Å². The number of carbonyl (C=O) groups excluding carboxylic acids is 1. The SMILES string of the molecule is COc1ccc(C(C)C)cc1S(=O)(=O)N(C)CC(=O)Nc1ccc(Cl)cc1Cl. The number of sulfonamides is 1. The Balaban J connectivity index is 2.24. The predicted molar refractivity (Wildman–Crippen MR) is 112 cm³/mol. The third-order valence-electron chi connectivity index (χ3n) is 4.11. The highest BCUT2D eigenvalue weighted by Crippen LogP contribution is 2.30. The summed E-state index contributed by atoms with van der Waals surface area (Å²) in [6.45, 7) is 3.53. The van der Waals surface area contributed by atoms with Gasteiger partial charge >= 0.3 is 0 Å². The summed E-state index contributed by atoms with van der Waals surface area (Å²) in [6.07, 6.45) is 0. The summed E-state index contributed by atoms with van der Waals surface area (Å²) in [5.74, 6) is -0.174. The van der Waals surface area contributed by atoms with Crippen molar-refractivity contribution in [1.29, 1.82) is 0 Å². The molecule has 0 bridgehead atoms. The molecule has 0 saturated heterocycles. The van der Waals surface area contributed by atoms with E-state index in [4.69, 9.17) is 27.9 Å². The zero-order valence-electron chi connectivity index (χ0n) is 16.0. The molecule has 152 valence electrons. The number of amides is 1. The number of anilines is 1. The van der Waals surface area contributed by atoms with E-state index in [0.717, 1.165) is 9.87 Å². The van der Waals surface area contributed by atoms with Crippen LogP contribution in [0.4, 0.5) is 5.69 Å². The van der Waals surface area contributed by atoms with Gasteiger partial charge in [0.2, 0.25) is 15.9 Å². The lowest BCUT2D eigenvalue weighted by atomic mass is 10.0. The van der Waals surface area contributed by atoms with Crippen LogP contribution in [-0.2, 0) is 14.8 Å². The molecule has 0 aromatic heterocycles. The molecule has 0 saturated carbocycles. The van der Waals surface area contributed by atoms with Crippen LogP contribution in [0.3, 0.4) is 0 Å². The predicted octanol–water partition coefficient (Wildman–Crippen LogP) is 4.38. The molecule has 0 heterocycles. The first-order valence-electron chi connectivity index (χ1n) is 8.45. The number of rotatable bonds is 7. The first kappa shape index (κ1) is 22.5. The molecule has 0 aliphatic rings. The Morgan fingerprint density at radius 3 is 2.43 bits per heavy atom. The smallest absolute Gasteiger partial charge is 0.246 e. The monoisotopic (exact) mass is 444 g/mol. The number of hydrogen-bond acceptors (Lipinski definition) is 4.